The number of para-hydroxylation sites is 1. The van der Waals surface area contributed by atoms with Crippen LogP contribution in [0.3, 0.4) is 0 Å². The Balaban J connectivity index is 1.65. The third kappa shape index (κ3) is 3.67. The summed E-state index contributed by atoms with van der Waals surface area (Å²) in [5, 5.41) is 1.04. The number of nitrogens with zero attached hydrogens (tertiary/aromatic N) is 3. The van der Waals surface area contributed by atoms with Crippen molar-refractivity contribution in [3.63, 3.8) is 0 Å². The molecule has 5 nitrogen and oxygen atoms in total. The Bertz CT molecular complexity index is 1200. The molecule has 144 valence electrons. The summed E-state index contributed by atoms with van der Waals surface area (Å²) in [4.78, 5) is 23.5. The number of hydrogen-bond donors (Lipinski definition) is 0. The number of amides is 1. The average Bonchev–Trinajstić information content (AvgIpc) is 2.77. The molecule has 29 heavy (non-hydrogen) atoms. The van der Waals surface area contributed by atoms with Crippen LogP contribution >= 0.6 is 0 Å². The molecule has 4 rings (SSSR count). The van der Waals surface area contributed by atoms with Gasteiger partial charge in [-0.2, -0.15) is 0 Å². The molecule has 0 saturated carbocycles. The summed E-state index contributed by atoms with van der Waals surface area (Å²) in [5.74, 6) is 1.24. The van der Waals surface area contributed by atoms with Gasteiger partial charge in [0.15, 0.2) is 0 Å². The second-order valence-corrected chi connectivity index (χ2v) is 6.87. The van der Waals surface area contributed by atoms with Crippen LogP contribution in [0, 0.1) is 6.92 Å². The number of aryl methyl sites for hydroxylation is 1. The van der Waals surface area contributed by atoms with Gasteiger partial charge in [-0.1, -0.05) is 24.3 Å². The first-order valence-electron chi connectivity index (χ1n) is 9.31. The normalized spacial score (nSPS) is 10.7. The monoisotopic (exact) mass is 383 g/mol. The van der Waals surface area contributed by atoms with Crippen molar-refractivity contribution in [2.24, 2.45) is 0 Å². The molecule has 0 aliphatic heterocycles. The molecule has 0 fully saturated rings. The van der Waals surface area contributed by atoms with Crippen molar-refractivity contribution in [1.82, 2.24) is 9.97 Å². The Kier molecular flexibility index (Phi) is 4.96. The van der Waals surface area contributed by atoms with Crippen LogP contribution < -0.4 is 9.64 Å². The van der Waals surface area contributed by atoms with Crippen molar-refractivity contribution in [2.75, 3.05) is 19.1 Å². The molecule has 0 N–H and O–H groups in total. The summed E-state index contributed by atoms with van der Waals surface area (Å²) in [6.07, 6.45) is 3.35. The van der Waals surface area contributed by atoms with Crippen molar-refractivity contribution >= 4 is 22.6 Å². The largest absolute Gasteiger partial charge is 0.497 e. The van der Waals surface area contributed by atoms with Crippen LogP contribution in [-0.4, -0.2) is 30.0 Å². The van der Waals surface area contributed by atoms with Gasteiger partial charge >= 0.3 is 0 Å². The summed E-state index contributed by atoms with van der Waals surface area (Å²) in [6, 6.07) is 19.4. The van der Waals surface area contributed by atoms with Crippen LogP contribution in [0.4, 0.5) is 5.82 Å². The van der Waals surface area contributed by atoms with Gasteiger partial charge in [0.05, 0.1) is 18.2 Å². The number of carbonyl (C=O) groups excluding carboxylic acids is 1. The molecule has 4 aromatic rings. The predicted octanol–water partition coefficient (Wildman–Crippen LogP) is 4.89. The second-order valence-electron chi connectivity index (χ2n) is 6.87. The molecule has 0 aliphatic rings. The lowest BCUT2D eigenvalue weighted by atomic mass is 10.0. The van der Waals surface area contributed by atoms with E-state index in [0.29, 0.717) is 11.4 Å². The van der Waals surface area contributed by atoms with E-state index in [4.69, 9.17) is 4.74 Å². The highest BCUT2D eigenvalue weighted by Gasteiger charge is 2.16. The first-order chi connectivity index (χ1) is 14.1. The van der Waals surface area contributed by atoms with Gasteiger partial charge in [0.1, 0.15) is 11.6 Å². The molecule has 2 heterocycles. The number of ether oxygens (including phenoxy) is 1. The molecular formula is C24H21N3O2. The first kappa shape index (κ1) is 18.6. The van der Waals surface area contributed by atoms with E-state index in [9.17, 15) is 4.79 Å². The molecule has 0 saturated heterocycles. The van der Waals surface area contributed by atoms with Gasteiger partial charge in [-0.25, -0.2) is 4.98 Å². The molecule has 0 atom stereocenters. The van der Waals surface area contributed by atoms with E-state index in [-0.39, 0.29) is 5.91 Å². The minimum Gasteiger partial charge on any atom is -0.497 e. The molecule has 0 radical (unpaired) electrons. The highest BCUT2D eigenvalue weighted by Crippen LogP contribution is 2.27. The molecule has 2 aromatic carbocycles. The van der Waals surface area contributed by atoms with Gasteiger partial charge in [-0.3, -0.25) is 14.7 Å². The van der Waals surface area contributed by atoms with Crippen LogP contribution in [0.15, 0.2) is 73.1 Å². The van der Waals surface area contributed by atoms with Gasteiger partial charge in [-0.15, -0.1) is 0 Å². The molecule has 0 aliphatic carbocycles. The number of aromatic nitrogens is 2. The average molecular weight is 383 g/mol. The van der Waals surface area contributed by atoms with Crippen LogP contribution in [0.5, 0.6) is 5.75 Å². The van der Waals surface area contributed by atoms with E-state index in [2.05, 4.69) is 9.97 Å². The highest BCUT2D eigenvalue weighted by molar-refractivity contribution is 6.06. The van der Waals surface area contributed by atoms with Crippen LogP contribution in [-0.2, 0) is 0 Å². The molecule has 0 unspecified atom stereocenters. The lowest BCUT2D eigenvalue weighted by molar-refractivity contribution is 0.0992. The zero-order valence-corrected chi connectivity index (χ0v) is 16.6. The van der Waals surface area contributed by atoms with E-state index >= 15 is 0 Å². The van der Waals surface area contributed by atoms with Crippen molar-refractivity contribution < 1.29 is 9.53 Å². The van der Waals surface area contributed by atoms with Crippen LogP contribution in [0.1, 0.15) is 15.9 Å². The van der Waals surface area contributed by atoms with Crippen LogP contribution in [0.2, 0.25) is 0 Å². The number of pyridine rings is 2. The minimum atomic E-state index is -0.159. The fourth-order valence-electron chi connectivity index (χ4n) is 3.33. The van der Waals surface area contributed by atoms with Gasteiger partial charge in [0.25, 0.3) is 5.91 Å². The summed E-state index contributed by atoms with van der Waals surface area (Å²) in [6.45, 7) is 2.01. The summed E-state index contributed by atoms with van der Waals surface area (Å²) >= 11 is 0. The van der Waals surface area contributed by atoms with E-state index in [1.165, 1.54) is 0 Å². The maximum atomic E-state index is 13.1. The van der Waals surface area contributed by atoms with E-state index in [1.54, 1.807) is 31.5 Å². The fourth-order valence-corrected chi connectivity index (χ4v) is 3.33. The first-order valence-corrected chi connectivity index (χ1v) is 9.31. The Labute approximate surface area is 169 Å². The number of hydrogen-bond acceptors (Lipinski definition) is 4. The Morgan fingerprint density at radius 2 is 1.83 bits per heavy atom. The minimum absolute atomic E-state index is 0.159. The second kappa shape index (κ2) is 7.72. The molecule has 0 spiro atoms. The topological polar surface area (TPSA) is 55.3 Å². The summed E-state index contributed by atoms with van der Waals surface area (Å²) in [5.41, 5.74) is 4.32. The molecular weight excluding hydrogens is 362 g/mol. The number of anilines is 1. The SMILES string of the molecule is COc1ccc(-c2cncc(C(=O)N(C)c3ccc4ccccc4n3)c2)c(C)c1. The zero-order chi connectivity index (χ0) is 20.4. The summed E-state index contributed by atoms with van der Waals surface area (Å²) < 4.78 is 5.28. The third-order valence-corrected chi connectivity index (χ3v) is 4.96. The van der Waals surface area contributed by atoms with Crippen LogP contribution in [0.25, 0.3) is 22.0 Å². The van der Waals surface area contributed by atoms with Crippen molar-refractivity contribution in [1.29, 1.82) is 0 Å². The quantitative estimate of drug-likeness (QED) is 0.503. The van der Waals surface area contributed by atoms with Crippen molar-refractivity contribution in [2.45, 2.75) is 6.92 Å². The maximum absolute atomic E-state index is 13.1. The Hall–Kier alpha value is -3.73. The number of rotatable bonds is 4. The number of benzene rings is 2. The lowest BCUT2D eigenvalue weighted by Crippen LogP contribution is -2.27. The van der Waals surface area contributed by atoms with E-state index < -0.39 is 0 Å². The van der Waals surface area contributed by atoms with E-state index in [0.717, 1.165) is 33.3 Å². The molecule has 1 amide bonds. The molecule has 5 heteroatoms. The maximum Gasteiger partial charge on any atom is 0.260 e. The fraction of sp³-hybridized carbons (Fsp3) is 0.125. The lowest BCUT2D eigenvalue weighted by Gasteiger charge is -2.17. The van der Waals surface area contributed by atoms with Crippen molar-refractivity contribution in [3.05, 3.63) is 84.2 Å². The third-order valence-electron chi connectivity index (χ3n) is 4.96. The Morgan fingerprint density at radius 3 is 2.62 bits per heavy atom. The van der Waals surface area contributed by atoms with Crippen molar-refractivity contribution in [3.8, 4) is 16.9 Å². The van der Waals surface area contributed by atoms with Gasteiger partial charge in [0.2, 0.25) is 0 Å². The van der Waals surface area contributed by atoms with Gasteiger partial charge in [-0.05, 0) is 54.4 Å². The standard InChI is InChI=1S/C24H21N3O2/c1-16-12-20(29-3)9-10-21(16)18-13-19(15-25-14-18)24(28)27(2)23-11-8-17-6-4-5-7-22(17)26-23/h4-15H,1-3H3. The smallest absolute Gasteiger partial charge is 0.260 e. The summed E-state index contributed by atoms with van der Waals surface area (Å²) in [7, 11) is 3.37. The number of methoxy groups -OCH3 is 1. The zero-order valence-electron chi connectivity index (χ0n) is 16.6. The predicted molar refractivity (Wildman–Crippen MR) is 115 cm³/mol. The highest BCUT2D eigenvalue weighted by atomic mass is 16.5. The molecule has 0 bridgehead atoms. The number of fused-ring (bicyclic) bond motifs is 1. The molecule has 2 aromatic heterocycles. The van der Waals surface area contributed by atoms with Gasteiger partial charge < -0.3 is 4.74 Å². The Morgan fingerprint density at radius 1 is 1.00 bits per heavy atom. The van der Waals surface area contributed by atoms with E-state index in [1.807, 2.05) is 67.6 Å². The number of carbonyl (C=O) groups is 1. The van der Waals surface area contributed by atoms with Gasteiger partial charge in [0, 0.05) is 30.4 Å².